The van der Waals surface area contributed by atoms with Gasteiger partial charge in [0.05, 0.1) is 6.61 Å². The number of rotatable bonds is 15. The molecule has 0 radical (unpaired) electrons. The highest BCUT2D eigenvalue weighted by Gasteiger charge is 2.04. The van der Waals surface area contributed by atoms with Crippen LogP contribution in [0.5, 0.6) is 0 Å². The molecule has 0 amide bonds. The summed E-state index contributed by atoms with van der Waals surface area (Å²) in [6, 6.07) is 10.0. The Labute approximate surface area is 143 Å². The summed E-state index contributed by atoms with van der Waals surface area (Å²) in [6.07, 6.45) is 14.8. The smallest absolute Gasteiger partial charge is 0.154 e. The van der Waals surface area contributed by atoms with Crippen molar-refractivity contribution in [1.29, 1.82) is 0 Å². The Hall–Kier alpha value is -0.860. The predicted octanol–water partition coefficient (Wildman–Crippen LogP) is 6.22. The van der Waals surface area contributed by atoms with Gasteiger partial charge in [-0.15, -0.1) is 0 Å². The van der Waals surface area contributed by atoms with Crippen molar-refractivity contribution in [1.82, 2.24) is 0 Å². The molecule has 1 unspecified atom stereocenters. The first kappa shape index (κ1) is 20.2. The van der Waals surface area contributed by atoms with Crippen LogP contribution in [-0.4, -0.2) is 11.4 Å². The topological polar surface area (TPSA) is 29.5 Å². The molecule has 1 aromatic rings. The van der Waals surface area contributed by atoms with Crippen LogP contribution in [0.15, 0.2) is 30.3 Å². The zero-order valence-corrected chi connectivity index (χ0v) is 15.0. The molecule has 1 aromatic carbocycles. The third-order valence-corrected chi connectivity index (χ3v) is 4.34. The maximum absolute atomic E-state index is 9.83. The van der Waals surface area contributed by atoms with Crippen LogP contribution >= 0.6 is 0 Å². The lowest BCUT2D eigenvalue weighted by Gasteiger charge is -2.12. The lowest BCUT2D eigenvalue weighted by atomic mass is 10.1. The Bertz CT molecular complexity index is 350. The largest absolute Gasteiger partial charge is 0.368 e. The van der Waals surface area contributed by atoms with Crippen LogP contribution in [0.4, 0.5) is 0 Å². The van der Waals surface area contributed by atoms with E-state index in [9.17, 15) is 5.11 Å². The van der Waals surface area contributed by atoms with E-state index in [1.165, 1.54) is 64.2 Å². The molecule has 2 heteroatoms. The highest BCUT2D eigenvalue weighted by molar-refractivity contribution is 5.13. The summed E-state index contributed by atoms with van der Waals surface area (Å²) in [4.78, 5) is 0. The lowest BCUT2D eigenvalue weighted by Crippen LogP contribution is -2.11. The van der Waals surface area contributed by atoms with Gasteiger partial charge in [-0.1, -0.05) is 101 Å². The number of hydrogen-bond acceptors (Lipinski definition) is 2. The van der Waals surface area contributed by atoms with Gasteiger partial charge in [0.1, 0.15) is 0 Å². The van der Waals surface area contributed by atoms with E-state index >= 15 is 0 Å². The Morgan fingerprint density at radius 2 is 1.30 bits per heavy atom. The van der Waals surface area contributed by atoms with Gasteiger partial charge in [-0.2, -0.15) is 0 Å². The number of ether oxygens (including phenoxy) is 1. The molecule has 23 heavy (non-hydrogen) atoms. The van der Waals surface area contributed by atoms with E-state index in [0.29, 0.717) is 6.61 Å². The first-order chi connectivity index (χ1) is 11.3. The number of hydrogen-bond donors (Lipinski definition) is 1. The van der Waals surface area contributed by atoms with E-state index in [4.69, 9.17) is 4.74 Å². The Morgan fingerprint density at radius 1 is 0.783 bits per heavy atom. The Balaban J connectivity index is 1.83. The van der Waals surface area contributed by atoms with Crippen molar-refractivity contribution in [2.45, 2.75) is 96.9 Å². The fourth-order valence-corrected chi connectivity index (χ4v) is 2.83. The molecule has 0 fully saturated rings. The summed E-state index contributed by atoms with van der Waals surface area (Å²) in [5.41, 5.74) is 1.12. The van der Waals surface area contributed by atoms with E-state index in [2.05, 4.69) is 6.92 Å². The molecule has 132 valence electrons. The summed E-state index contributed by atoms with van der Waals surface area (Å²) in [7, 11) is 0. The van der Waals surface area contributed by atoms with Crippen molar-refractivity contribution < 1.29 is 9.84 Å². The number of benzene rings is 1. The predicted molar refractivity (Wildman–Crippen MR) is 98.3 cm³/mol. The zero-order valence-electron chi connectivity index (χ0n) is 15.0. The van der Waals surface area contributed by atoms with E-state index in [1.54, 1.807) is 0 Å². The SMILES string of the molecule is CCCCCCCCCCCCCC(O)OCc1ccccc1. The third-order valence-electron chi connectivity index (χ3n) is 4.34. The highest BCUT2D eigenvalue weighted by atomic mass is 16.6. The molecular weight excluding hydrogens is 284 g/mol. The molecule has 1 atom stereocenters. The summed E-state index contributed by atoms with van der Waals surface area (Å²) >= 11 is 0. The minimum absolute atomic E-state index is 0.500. The molecule has 0 aliphatic carbocycles. The van der Waals surface area contributed by atoms with Gasteiger partial charge in [0.15, 0.2) is 6.29 Å². The Morgan fingerprint density at radius 3 is 1.87 bits per heavy atom. The van der Waals surface area contributed by atoms with Crippen molar-refractivity contribution in [3.63, 3.8) is 0 Å². The third kappa shape index (κ3) is 12.3. The van der Waals surface area contributed by atoms with Crippen molar-refractivity contribution >= 4 is 0 Å². The van der Waals surface area contributed by atoms with Gasteiger partial charge >= 0.3 is 0 Å². The van der Waals surface area contributed by atoms with Crippen molar-refractivity contribution in [3.8, 4) is 0 Å². The number of aliphatic hydroxyl groups excluding tert-OH is 1. The van der Waals surface area contributed by atoms with E-state index in [0.717, 1.165) is 18.4 Å². The molecule has 0 aliphatic rings. The van der Waals surface area contributed by atoms with Crippen LogP contribution in [0.3, 0.4) is 0 Å². The first-order valence-electron chi connectivity index (χ1n) is 9.66. The molecule has 1 N–H and O–H groups in total. The standard InChI is InChI=1S/C21H36O2/c1-2-3-4-5-6-7-8-9-10-11-15-18-21(22)23-19-20-16-13-12-14-17-20/h12-14,16-17,21-22H,2-11,15,18-19H2,1H3. The fourth-order valence-electron chi connectivity index (χ4n) is 2.83. The molecule has 0 saturated heterocycles. The average molecular weight is 321 g/mol. The molecule has 0 bridgehead atoms. The molecule has 0 heterocycles. The maximum Gasteiger partial charge on any atom is 0.154 e. The van der Waals surface area contributed by atoms with Crippen molar-refractivity contribution in [3.05, 3.63) is 35.9 Å². The zero-order chi connectivity index (χ0) is 16.6. The van der Waals surface area contributed by atoms with Gasteiger partial charge in [0.25, 0.3) is 0 Å². The molecule has 0 spiro atoms. The van der Waals surface area contributed by atoms with Gasteiger partial charge in [0.2, 0.25) is 0 Å². The highest BCUT2D eigenvalue weighted by Crippen LogP contribution is 2.13. The molecular formula is C21H36O2. The number of aliphatic hydroxyl groups is 1. The van der Waals surface area contributed by atoms with Gasteiger partial charge in [-0.25, -0.2) is 0 Å². The Kier molecular flexibility index (Phi) is 12.9. The van der Waals surface area contributed by atoms with Gasteiger partial charge < -0.3 is 9.84 Å². The second-order valence-electron chi connectivity index (χ2n) is 6.58. The lowest BCUT2D eigenvalue weighted by molar-refractivity contribution is -0.112. The average Bonchev–Trinajstić information content (AvgIpc) is 2.59. The summed E-state index contributed by atoms with van der Waals surface area (Å²) in [5, 5.41) is 9.83. The second-order valence-corrected chi connectivity index (χ2v) is 6.58. The molecule has 1 rings (SSSR count). The van der Waals surface area contributed by atoms with Gasteiger partial charge in [0, 0.05) is 0 Å². The summed E-state index contributed by atoms with van der Waals surface area (Å²) in [5.74, 6) is 0. The van der Waals surface area contributed by atoms with E-state index in [1.807, 2.05) is 30.3 Å². The molecule has 2 nitrogen and oxygen atoms in total. The minimum atomic E-state index is -0.617. The normalized spacial score (nSPS) is 12.4. The maximum atomic E-state index is 9.83. The molecule has 0 saturated carbocycles. The van der Waals surface area contributed by atoms with Crippen LogP contribution in [0.1, 0.15) is 89.5 Å². The second kappa shape index (κ2) is 14.7. The molecule has 0 aliphatic heterocycles. The quantitative estimate of drug-likeness (QED) is 0.307. The van der Waals surface area contributed by atoms with Crippen LogP contribution in [0, 0.1) is 0 Å². The first-order valence-corrected chi connectivity index (χ1v) is 9.66. The minimum Gasteiger partial charge on any atom is -0.368 e. The monoisotopic (exact) mass is 320 g/mol. The van der Waals surface area contributed by atoms with Crippen molar-refractivity contribution in [2.75, 3.05) is 0 Å². The van der Waals surface area contributed by atoms with Gasteiger partial charge in [-0.3, -0.25) is 0 Å². The molecule has 0 aromatic heterocycles. The number of unbranched alkanes of at least 4 members (excludes halogenated alkanes) is 10. The van der Waals surface area contributed by atoms with Crippen LogP contribution in [-0.2, 0) is 11.3 Å². The van der Waals surface area contributed by atoms with Gasteiger partial charge in [-0.05, 0) is 18.4 Å². The summed E-state index contributed by atoms with van der Waals surface area (Å²) in [6.45, 7) is 2.77. The van der Waals surface area contributed by atoms with E-state index in [-0.39, 0.29) is 0 Å². The fraction of sp³-hybridized carbons (Fsp3) is 0.714. The van der Waals surface area contributed by atoms with E-state index < -0.39 is 6.29 Å². The van der Waals surface area contributed by atoms with Crippen LogP contribution < -0.4 is 0 Å². The van der Waals surface area contributed by atoms with Crippen molar-refractivity contribution in [2.24, 2.45) is 0 Å². The summed E-state index contributed by atoms with van der Waals surface area (Å²) < 4.78 is 5.48. The van der Waals surface area contributed by atoms with Crippen LogP contribution in [0.2, 0.25) is 0 Å². The van der Waals surface area contributed by atoms with Crippen LogP contribution in [0.25, 0.3) is 0 Å².